The molecule has 0 saturated carbocycles. The highest BCUT2D eigenvalue weighted by molar-refractivity contribution is 5.69. The average molecular weight is 186 g/mol. The molecule has 78 valence electrons. The Morgan fingerprint density at radius 2 is 1.62 bits per heavy atom. The van der Waals surface area contributed by atoms with E-state index in [1.54, 1.807) is 6.92 Å². The summed E-state index contributed by atoms with van der Waals surface area (Å²) in [6.45, 7) is 6.23. The van der Waals surface area contributed by atoms with Crippen LogP contribution in [0.5, 0.6) is 0 Å². The second kappa shape index (κ2) is 6.93. The molecule has 0 aliphatic rings. The normalized spacial score (nSPS) is 13.2. The van der Waals surface area contributed by atoms with Crippen molar-refractivity contribution in [3.05, 3.63) is 0 Å². The molecule has 0 radical (unpaired) electrons. The SMILES string of the molecule is CC(C)CCCCCC(C)C(=O)O. The number of hydrogen-bond acceptors (Lipinski definition) is 1. The van der Waals surface area contributed by atoms with E-state index in [2.05, 4.69) is 13.8 Å². The Kier molecular flexibility index (Phi) is 6.65. The first kappa shape index (κ1) is 12.5. The van der Waals surface area contributed by atoms with Crippen LogP contribution < -0.4 is 0 Å². The molecule has 13 heavy (non-hydrogen) atoms. The number of unbranched alkanes of at least 4 members (excludes halogenated alkanes) is 2. The third-order valence-electron chi connectivity index (χ3n) is 2.34. The number of carboxylic acids is 1. The van der Waals surface area contributed by atoms with Gasteiger partial charge in [-0.3, -0.25) is 4.79 Å². The summed E-state index contributed by atoms with van der Waals surface area (Å²) >= 11 is 0. The Morgan fingerprint density at radius 3 is 2.08 bits per heavy atom. The summed E-state index contributed by atoms with van der Waals surface area (Å²) in [5, 5.41) is 8.63. The Hall–Kier alpha value is -0.530. The molecule has 0 fully saturated rings. The topological polar surface area (TPSA) is 37.3 Å². The molecule has 0 aromatic rings. The van der Waals surface area contributed by atoms with Crippen LogP contribution in [0.1, 0.15) is 52.9 Å². The summed E-state index contributed by atoms with van der Waals surface area (Å²) in [5.74, 6) is -0.0557. The van der Waals surface area contributed by atoms with Gasteiger partial charge in [-0.1, -0.05) is 46.5 Å². The Balaban J connectivity index is 3.21. The molecule has 2 heteroatoms. The molecule has 1 atom stereocenters. The van der Waals surface area contributed by atoms with Crippen LogP contribution >= 0.6 is 0 Å². The van der Waals surface area contributed by atoms with Crippen LogP contribution in [0.4, 0.5) is 0 Å². The number of rotatable bonds is 7. The van der Waals surface area contributed by atoms with E-state index < -0.39 is 5.97 Å². The third-order valence-corrected chi connectivity index (χ3v) is 2.34. The first-order valence-electron chi connectivity index (χ1n) is 5.26. The zero-order chi connectivity index (χ0) is 10.3. The van der Waals surface area contributed by atoms with Crippen molar-refractivity contribution < 1.29 is 9.90 Å². The Bertz CT molecular complexity index is 141. The monoisotopic (exact) mass is 186 g/mol. The van der Waals surface area contributed by atoms with Gasteiger partial charge in [-0.05, 0) is 12.3 Å². The van der Waals surface area contributed by atoms with E-state index >= 15 is 0 Å². The Morgan fingerprint density at radius 1 is 1.08 bits per heavy atom. The van der Waals surface area contributed by atoms with Gasteiger partial charge in [0, 0.05) is 0 Å². The van der Waals surface area contributed by atoms with Gasteiger partial charge in [-0.2, -0.15) is 0 Å². The molecule has 2 nitrogen and oxygen atoms in total. The van der Waals surface area contributed by atoms with Crippen molar-refractivity contribution in [1.29, 1.82) is 0 Å². The summed E-state index contributed by atoms with van der Waals surface area (Å²) in [4.78, 5) is 10.5. The predicted molar refractivity (Wildman–Crippen MR) is 54.7 cm³/mol. The summed E-state index contributed by atoms with van der Waals surface area (Å²) < 4.78 is 0. The average Bonchev–Trinajstić information content (AvgIpc) is 2.02. The van der Waals surface area contributed by atoms with Gasteiger partial charge in [-0.15, -0.1) is 0 Å². The van der Waals surface area contributed by atoms with Crippen LogP contribution in [0.25, 0.3) is 0 Å². The highest BCUT2D eigenvalue weighted by Crippen LogP contribution is 2.13. The molecule has 0 spiro atoms. The summed E-state index contributed by atoms with van der Waals surface area (Å²) in [7, 11) is 0. The second-order valence-electron chi connectivity index (χ2n) is 4.27. The van der Waals surface area contributed by atoms with Crippen LogP contribution in [0, 0.1) is 11.8 Å². The maximum Gasteiger partial charge on any atom is 0.306 e. The fraction of sp³-hybridized carbons (Fsp3) is 0.909. The lowest BCUT2D eigenvalue weighted by atomic mass is 10.0. The molecule has 1 N–H and O–H groups in total. The van der Waals surface area contributed by atoms with E-state index in [4.69, 9.17) is 5.11 Å². The number of aliphatic carboxylic acids is 1. The fourth-order valence-corrected chi connectivity index (χ4v) is 1.30. The van der Waals surface area contributed by atoms with Gasteiger partial charge in [0.2, 0.25) is 0 Å². The van der Waals surface area contributed by atoms with Gasteiger partial charge < -0.3 is 5.11 Å². The maximum atomic E-state index is 10.5. The lowest BCUT2D eigenvalue weighted by Crippen LogP contribution is -2.08. The summed E-state index contributed by atoms with van der Waals surface area (Å²) in [6.07, 6.45) is 5.56. The molecule has 0 aromatic carbocycles. The number of hydrogen-bond donors (Lipinski definition) is 1. The fourth-order valence-electron chi connectivity index (χ4n) is 1.30. The van der Waals surface area contributed by atoms with Gasteiger partial charge in [0.05, 0.1) is 5.92 Å². The third kappa shape index (κ3) is 7.82. The van der Waals surface area contributed by atoms with Crippen LogP contribution in [0.15, 0.2) is 0 Å². The van der Waals surface area contributed by atoms with Crippen molar-refractivity contribution in [3.8, 4) is 0 Å². The largest absolute Gasteiger partial charge is 0.481 e. The molecule has 0 rings (SSSR count). The first-order valence-corrected chi connectivity index (χ1v) is 5.26. The molecular weight excluding hydrogens is 164 g/mol. The van der Waals surface area contributed by atoms with Crippen molar-refractivity contribution in [1.82, 2.24) is 0 Å². The number of carboxylic acid groups (broad SMARTS) is 1. The van der Waals surface area contributed by atoms with Crippen LogP contribution in [-0.4, -0.2) is 11.1 Å². The van der Waals surface area contributed by atoms with Crippen LogP contribution in [-0.2, 0) is 4.79 Å². The lowest BCUT2D eigenvalue weighted by molar-refractivity contribution is -0.141. The molecule has 0 aliphatic heterocycles. The molecule has 0 bridgehead atoms. The van der Waals surface area contributed by atoms with E-state index in [0.29, 0.717) is 0 Å². The zero-order valence-electron chi connectivity index (χ0n) is 9.05. The second-order valence-corrected chi connectivity index (χ2v) is 4.27. The van der Waals surface area contributed by atoms with E-state index in [9.17, 15) is 4.79 Å². The van der Waals surface area contributed by atoms with Gasteiger partial charge in [0.25, 0.3) is 0 Å². The standard InChI is InChI=1S/C11H22O2/c1-9(2)7-5-4-6-8-10(3)11(12)13/h9-10H,4-8H2,1-3H3,(H,12,13). The van der Waals surface area contributed by atoms with Gasteiger partial charge >= 0.3 is 5.97 Å². The predicted octanol–water partition coefficient (Wildman–Crippen LogP) is 3.31. The smallest absolute Gasteiger partial charge is 0.306 e. The lowest BCUT2D eigenvalue weighted by Gasteiger charge is -2.06. The van der Waals surface area contributed by atoms with Crippen molar-refractivity contribution >= 4 is 5.97 Å². The molecular formula is C11H22O2. The van der Waals surface area contributed by atoms with Gasteiger partial charge in [0.15, 0.2) is 0 Å². The molecule has 0 heterocycles. The van der Waals surface area contributed by atoms with Crippen LogP contribution in [0.2, 0.25) is 0 Å². The highest BCUT2D eigenvalue weighted by Gasteiger charge is 2.09. The van der Waals surface area contributed by atoms with Gasteiger partial charge in [-0.25, -0.2) is 0 Å². The van der Waals surface area contributed by atoms with Crippen LogP contribution in [0.3, 0.4) is 0 Å². The summed E-state index contributed by atoms with van der Waals surface area (Å²) in [6, 6.07) is 0. The van der Waals surface area contributed by atoms with Crippen molar-refractivity contribution in [2.24, 2.45) is 11.8 Å². The van der Waals surface area contributed by atoms with E-state index in [1.165, 1.54) is 19.3 Å². The van der Waals surface area contributed by atoms with Gasteiger partial charge in [0.1, 0.15) is 0 Å². The van der Waals surface area contributed by atoms with Crippen molar-refractivity contribution in [3.63, 3.8) is 0 Å². The van der Waals surface area contributed by atoms with E-state index in [0.717, 1.165) is 18.8 Å². The molecule has 0 saturated heterocycles. The van der Waals surface area contributed by atoms with Crippen molar-refractivity contribution in [2.75, 3.05) is 0 Å². The van der Waals surface area contributed by atoms with E-state index in [-0.39, 0.29) is 5.92 Å². The minimum absolute atomic E-state index is 0.168. The number of carbonyl (C=O) groups is 1. The van der Waals surface area contributed by atoms with E-state index in [1.807, 2.05) is 0 Å². The quantitative estimate of drug-likeness (QED) is 0.619. The summed E-state index contributed by atoms with van der Waals surface area (Å²) in [5.41, 5.74) is 0. The maximum absolute atomic E-state index is 10.5. The van der Waals surface area contributed by atoms with Crippen molar-refractivity contribution in [2.45, 2.75) is 52.9 Å². The zero-order valence-corrected chi connectivity index (χ0v) is 9.05. The molecule has 0 aromatic heterocycles. The molecule has 1 unspecified atom stereocenters. The highest BCUT2D eigenvalue weighted by atomic mass is 16.4. The Labute approximate surface area is 81.3 Å². The minimum Gasteiger partial charge on any atom is -0.481 e. The minimum atomic E-state index is -0.663. The molecule has 0 amide bonds. The first-order chi connectivity index (χ1) is 6.04. The molecule has 0 aliphatic carbocycles.